The minimum atomic E-state index is 0. The third kappa shape index (κ3) is 5.50. The summed E-state index contributed by atoms with van der Waals surface area (Å²) in [6.07, 6.45) is 3.70. The van der Waals surface area contributed by atoms with Crippen molar-refractivity contribution in [3.8, 4) is 28.3 Å². The molecule has 4 aromatic rings. The summed E-state index contributed by atoms with van der Waals surface area (Å²) in [6.45, 7) is 6.01. The number of benzene rings is 2. The molecule has 0 bridgehead atoms. The molecule has 0 atom stereocenters. The zero-order chi connectivity index (χ0) is 20.6. The van der Waals surface area contributed by atoms with Crippen molar-refractivity contribution in [1.29, 1.82) is 0 Å². The molecule has 2 aromatic carbocycles. The van der Waals surface area contributed by atoms with Crippen LogP contribution in [-0.2, 0) is 20.1 Å². The van der Waals surface area contributed by atoms with Crippen LogP contribution in [0.25, 0.3) is 22.5 Å². The second-order valence-electron chi connectivity index (χ2n) is 6.50. The van der Waals surface area contributed by atoms with Gasteiger partial charge in [-0.25, -0.2) is 0 Å². The first-order chi connectivity index (χ1) is 14.1. The van der Waals surface area contributed by atoms with Gasteiger partial charge in [0, 0.05) is 19.0 Å². The normalized spacial score (nSPS) is 9.67. The van der Waals surface area contributed by atoms with E-state index in [1.807, 2.05) is 84.4 Å². The summed E-state index contributed by atoms with van der Waals surface area (Å²) >= 11 is 0. The van der Waals surface area contributed by atoms with Crippen molar-refractivity contribution < 1.29 is 29.4 Å². The molecule has 0 N–H and O–H groups in total. The number of rotatable bonds is 3. The van der Waals surface area contributed by atoms with E-state index in [1.54, 1.807) is 13.3 Å². The van der Waals surface area contributed by atoms with Gasteiger partial charge in [-0.2, -0.15) is 18.6 Å². The van der Waals surface area contributed by atoms with E-state index < -0.39 is 0 Å². The Labute approximate surface area is 192 Å². The van der Waals surface area contributed by atoms with Gasteiger partial charge in [-0.1, -0.05) is 54.4 Å². The standard InChI is InChI=1S/C13H12NO.C13H12N.Ir/c1-10-6-5-7-11(13(10)15-2)12-8-3-4-9-14-12;1-11-7-3-4-8-12(11)13-9-5-6-10-14(13)2;/h3-6,8-9H,1-2H3;3-10H,1-2H2;/q2*-1;+3. The van der Waals surface area contributed by atoms with Crippen molar-refractivity contribution >= 4 is 0 Å². The number of aromatic nitrogens is 2. The van der Waals surface area contributed by atoms with Gasteiger partial charge in [0.25, 0.3) is 0 Å². The average Bonchev–Trinajstić information content (AvgIpc) is 2.76. The Kier molecular flexibility index (Phi) is 8.67. The molecule has 152 valence electrons. The zero-order valence-electron chi connectivity index (χ0n) is 17.1. The average molecular weight is 573 g/mol. The Bertz CT molecular complexity index is 1040. The number of nitrogens with zero attached hydrogens (tertiary/aromatic N) is 2. The maximum absolute atomic E-state index is 5.36. The Morgan fingerprint density at radius 1 is 0.967 bits per heavy atom. The molecule has 0 fully saturated rings. The fourth-order valence-electron chi connectivity index (χ4n) is 3.04. The van der Waals surface area contributed by atoms with Gasteiger partial charge in [0.1, 0.15) is 0 Å². The third-order valence-corrected chi connectivity index (χ3v) is 4.51. The Morgan fingerprint density at radius 2 is 1.70 bits per heavy atom. The smallest absolute Gasteiger partial charge is 0.540 e. The van der Waals surface area contributed by atoms with E-state index in [-0.39, 0.29) is 20.1 Å². The second-order valence-corrected chi connectivity index (χ2v) is 6.50. The SMILES string of the molecule is COc1c(-c2ccccn2)[c-]ccc1C.[CH2-]c1ccccc1-c1cccc[n+]1[CH2-].[Ir+3]. The molecule has 4 rings (SSSR count). The molecule has 30 heavy (non-hydrogen) atoms. The van der Waals surface area contributed by atoms with Crippen LogP contribution in [0.4, 0.5) is 0 Å². The maximum Gasteiger partial charge on any atom is 3.00 e. The molecule has 0 aliphatic rings. The van der Waals surface area contributed by atoms with Crippen LogP contribution in [-0.4, -0.2) is 12.1 Å². The van der Waals surface area contributed by atoms with E-state index >= 15 is 0 Å². The number of hydrogen-bond donors (Lipinski definition) is 0. The zero-order valence-corrected chi connectivity index (χ0v) is 19.5. The van der Waals surface area contributed by atoms with Gasteiger partial charge in [0.2, 0.25) is 0 Å². The first-order valence-corrected chi connectivity index (χ1v) is 9.31. The Hall–Kier alpha value is -3.07. The summed E-state index contributed by atoms with van der Waals surface area (Å²) in [5.74, 6) is 0.844. The molecule has 2 aromatic heterocycles. The van der Waals surface area contributed by atoms with Gasteiger partial charge in [-0.15, -0.1) is 35.9 Å². The quantitative estimate of drug-likeness (QED) is 0.245. The predicted molar refractivity (Wildman–Crippen MR) is 117 cm³/mol. The van der Waals surface area contributed by atoms with Crippen molar-refractivity contribution in [3.05, 3.63) is 116 Å². The van der Waals surface area contributed by atoms with Crippen LogP contribution >= 0.6 is 0 Å². The van der Waals surface area contributed by atoms with Gasteiger partial charge in [0.15, 0.2) is 0 Å². The van der Waals surface area contributed by atoms with Crippen LogP contribution in [0.1, 0.15) is 11.1 Å². The molecule has 0 radical (unpaired) electrons. The summed E-state index contributed by atoms with van der Waals surface area (Å²) in [5, 5.41) is 0. The van der Waals surface area contributed by atoms with Crippen molar-refractivity contribution in [2.45, 2.75) is 6.92 Å². The molecule has 4 heteroatoms. The predicted octanol–water partition coefficient (Wildman–Crippen LogP) is 5.33. The number of ether oxygens (including phenoxy) is 1. The maximum atomic E-state index is 5.36. The molecule has 0 unspecified atom stereocenters. The fraction of sp³-hybridized carbons (Fsp3) is 0.0769. The van der Waals surface area contributed by atoms with Crippen molar-refractivity contribution in [1.82, 2.24) is 4.98 Å². The number of aryl methyl sites for hydroxylation is 1. The van der Waals surface area contributed by atoms with Gasteiger partial charge >= 0.3 is 20.1 Å². The molecule has 2 heterocycles. The monoisotopic (exact) mass is 573 g/mol. The number of hydrogen-bond acceptors (Lipinski definition) is 2. The first kappa shape index (κ1) is 23.2. The number of pyridine rings is 2. The van der Waals surface area contributed by atoms with Crippen LogP contribution < -0.4 is 9.30 Å². The molecular weight excluding hydrogens is 549 g/mol. The van der Waals surface area contributed by atoms with Gasteiger partial charge in [-0.05, 0) is 11.8 Å². The summed E-state index contributed by atoms with van der Waals surface area (Å²) in [6, 6.07) is 26.9. The van der Waals surface area contributed by atoms with Crippen LogP contribution in [0.2, 0.25) is 0 Å². The molecule has 0 aliphatic carbocycles. The summed E-state index contributed by atoms with van der Waals surface area (Å²) in [7, 11) is 5.60. The number of methoxy groups -OCH3 is 1. The van der Waals surface area contributed by atoms with E-state index in [1.165, 1.54) is 0 Å². The van der Waals surface area contributed by atoms with Crippen molar-refractivity contribution in [2.75, 3.05) is 7.11 Å². The topological polar surface area (TPSA) is 26.0 Å². The summed E-state index contributed by atoms with van der Waals surface area (Å²) in [5.41, 5.74) is 6.13. The van der Waals surface area contributed by atoms with E-state index in [4.69, 9.17) is 4.74 Å². The Morgan fingerprint density at radius 3 is 2.37 bits per heavy atom. The van der Waals surface area contributed by atoms with Crippen LogP contribution in [0.5, 0.6) is 5.75 Å². The van der Waals surface area contributed by atoms with Crippen molar-refractivity contribution in [2.24, 2.45) is 0 Å². The molecule has 0 saturated heterocycles. The second kappa shape index (κ2) is 11.2. The first-order valence-electron chi connectivity index (χ1n) is 9.31. The Balaban J connectivity index is 0.000000207. The fourth-order valence-corrected chi connectivity index (χ4v) is 3.04. The summed E-state index contributed by atoms with van der Waals surface area (Å²) < 4.78 is 7.21. The van der Waals surface area contributed by atoms with E-state index in [0.29, 0.717) is 0 Å². The molecule has 0 spiro atoms. The van der Waals surface area contributed by atoms with Gasteiger partial charge < -0.3 is 14.3 Å². The van der Waals surface area contributed by atoms with Gasteiger partial charge in [-0.3, -0.25) is 0 Å². The molecular formula is C26H24IrN2O+. The van der Waals surface area contributed by atoms with E-state index in [2.05, 4.69) is 31.1 Å². The minimum Gasteiger partial charge on any atom is -0.540 e. The van der Waals surface area contributed by atoms with Crippen molar-refractivity contribution in [3.63, 3.8) is 0 Å². The molecule has 0 amide bonds. The van der Waals surface area contributed by atoms with Crippen LogP contribution in [0, 0.1) is 27.0 Å². The molecule has 0 saturated carbocycles. The molecule has 3 nitrogen and oxygen atoms in total. The minimum absolute atomic E-state index is 0. The van der Waals surface area contributed by atoms with Crippen LogP contribution in [0.3, 0.4) is 0 Å². The van der Waals surface area contributed by atoms with Crippen LogP contribution in [0.15, 0.2) is 85.2 Å². The van der Waals surface area contributed by atoms with Gasteiger partial charge in [0.05, 0.1) is 19.0 Å². The molecule has 0 aliphatic heterocycles. The van der Waals surface area contributed by atoms with E-state index in [9.17, 15) is 0 Å². The summed E-state index contributed by atoms with van der Waals surface area (Å²) in [4.78, 5) is 4.29. The largest absolute Gasteiger partial charge is 3.00 e. The third-order valence-electron chi connectivity index (χ3n) is 4.51. The van der Waals surface area contributed by atoms with E-state index in [0.717, 1.165) is 39.4 Å².